The molecule has 2 nitrogen and oxygen atoms in total. The van der Waals surface area contributed by atoms with Crippen molar-refractivity contribution in [2.75, 3.05) is 0 Å². The summed E-state index contributed by atoms with van der Waals surface area (Å²) in [6, 6.07) is 3.40. The van der Waals surface area contributed by atoms with Crippen LogP contribution in [0.4, 0.5) is 4.39 Å². The highest BCUT2D eigenvalue weighted by Gasteiger charge is 2.47. The largest absolute Gasteiger partial charge is 0.235 e. The van der Waals surface area contributed by atoms with Gasteiger partial charge in [-0.3, -0.25) is 0 Å². The molecule has 0 saturated heterocycles. The van der Waals surface area contributed by atoms with E-state index in [1.54, 1.807) is 6.08 Å². The summed E-state index contributed by atoms with van der Waals surface area (Å²) in [6.45, 7) is 3.70. The molecule has 1 aliphatic rings. The van der Waals surface area contributed by atoms with E-state index in [1.165, 1.54) is 6.07 Å². The zero-order chi connectivity index (χ0) is 11.1. The van der Waals surface area contributed by atoms with Crippen molar-refractivity contribution in [3.63, 3.8) is 0 Å². The molecule has 0 spiro atoms. The predicted molar refractivity (Wildman–Crippen MR) is 54.9 cm³/mol. The lowest BCUT2D eigenvalue weighted by atomic mass is 9.97. The molecule has 0 atom stereocenters. The van der Waals surface area contributed by atoms with Gasteiger partial charge in [-0.05, 0) is 43.9 Å². The first kappa shape index (κ1) is 10.1. The van der Waals surface area contributed by atoms with Gasteiger partial charge in [0.25, 0.3) is 0 Å². The van der Waals surface area contributed by atoms with Crippen molar-refractivity contribution < 1.29 is 9.18 Å². The van der Waals surface area contributed by atoms with Crippen LogP contribution in [0, 0.1) is 19.7 Å². The number of aliphatic imine (C=N–C) groups is 1. The number of carbonyl (C=O) groups excluding carboxylic acids is 1. The Morgan fingerprint density at radius 1 is 1.40 bits per heavy atom. The highest BCUT2D eigenvalue weighted by molar-refractivity contribution is 5.45. The molecule has 1 fully saturated rings. The van der Waals surface area contributed by atoms with Crippen molar-refractivity contribution in [2.24, 2.45) is 4.99 Å². The fourth-order valence-corrected chi connectivity index (χ4v) is 2.13. The summed E-state index contributed by atoms with van der Waals surface area (Å²) in [4.78, 5) is 14.1. The minimum Gasteiger partial charge on any atom is -0.211 e. The molecule has 0 amide bonds. The van der Waals surface area contributed by atoms with Gasteiger partial charge in [-0.15, -0.1) is 0 Å². The zero-order valence-electron chi connectivity index (χ0n) is 8.80. The van der Waals surface area contributed by atoms with E-state index >= 15 is 0 Å². The Morgan fingerprint density at radius 2 is 2.07 bits per heavy atom. The van der Waals surface area contributed by atoms with Gasteiger partial charge in [0.05, 0.1) is 0 Å². The first-order valence-electron chi connectivity index (χ1n) is 4.95. The maximum absolute atomic E-state index is 13.8. The summed E-state index contributed by atoms with van der Waals surface area (Å²) in [7, 11) is 0. The molecule has 1 aromatic rings. The van der Waals surface area contributed by atoms with Gasteiger partial charge in [-0.2, -0.15) is 4.99 Å². The fourth-order valence-electron chi connectivity index (χ4n) is 2.13. The van der Waals surface area contributed by atoms with Gasteiger partial charge in [0.1, 0.15) is 11.4 Å². The summed E-state index contributed by atoms with van der Waals surface area (Å²) in [5.74, 6) is -0.260. The van der Waals surface area contributed by atoms with Gasteiger partial charge in [0.2, 0.25) is 6.08 Å². The van der Waals surface area contributed by atoms with E-state index in [0.29, 0.717) is 5.56 Å². The molecular formula is C12H12FNO. The number of halogens is 1. The van der Waals surface area contributed by atoms with Gasteiger partial charge in [0, 0.05) is 5.56 Å². The Kier molecular flexibility index (Phi) is 2.20. The number of rotatable bonds is 2. The molecule has 1 aromatic carbocycles. The number of nitrogens with zero attached hydrogens (tertiary/aromatic N) is 1. The lowest BCUT2D eigenvalue weighted by Gasteiger charge is -2.13. The number of hydrogen-bond donors (Lipinski definition) is 0. The summed E-state index contributed by atoms with van der Waals surface area (Å²) in [6.07, 6.45) is 3.02. The maximum Gasteiger partial charge on any atom is 0.235 e. The van der Waals surface area contributed by atoms with Gasteiger partial charge in [-0.25, -0.2) is 9.18 Å². The molecule has 0 bridgehead atoms. The van der Waals surface area contributed by atoms with Gasteiger partial charge < -0.3 is 0 Å². The summed E-state index contributed by atoms with van der Waals surface area (Å²) >= 11 is 0. The topological polar surface area (TPSA) is 29.4 Å². The minimum absolute atomic E-state index is 0.260. The van der Waals surface area contributed by atoms with E-state index in [4.69, 9.17) is 0 Å². The van der Waals surface area contributed by atoms with Crippen LogP contribution in [0.25, 0.3) is 0 Å². The molecule has 3 heteroatoms. The van der Waals surface area contributed by atoms with Crippen LogP contribution in [0.3, 0.4) is 0 Å². The maximum atomic E-state index is 13.8. The van der Waals surface area contributed by atoms with Crippen LogP contribution in [-0.4, -0.2) is 6.08 Å². The van der Waals surface area contributed by atoms with Crippen molar-refractivity contribution in [3.8, 4) is 0 Å². The number of aryl methyl sites for hydroxylation is 2. The first-order valence-corrected chi connectivity index (χ1v) is 4.95. The average molecular weight is 205 g/mol. The Morgan fingerprint density at radius 3 is 2.53 bits per heavy atom. The molecule has 1 saturated carbocycles. The van der Waals surface area contributed by atoms with Crippen molar-refractivity contribution in [1.29, 1.82) is 0 Å². The smallest absolute Gasteiger partial charge is 0.211 e. The van der Waals surface area contributed by atoms with E-state index in [2.05, 4.69) is 4.99 Å². The predicted octanol–water partition coefficient (Wildman–Crippen LogP) is 2.77. The van der Waals surface area contributed by atoms with Gasteiger partial charge in [0.15, 0.2) is 0 Å². The molecular weight excluding hydrogens is 193 g/mol. The van der Waals surface area contributed by atoms with Crippen LogP contribution < -0.4 is 0 Å². The number of hydrogen-bond acceptors (Lipinski definition) is 2. The standard InChI is InChI=1S/C12H12FNO/c1-8-5-9(2)11(10(13)6-8)12(3-4-12)14-7-15/h5-6H,3-4H2,1-2H3. The fraction of sp³-hybridized carbons (Fsp3) is 0.417. The molecule has 0 unspecified atom stereocenters. The van der Waals surface area contributed by atoms with Crippen LogP contribution in [0.15, 0.2) is 17.1 Å². The Balaban J connectivity index is 2.58. The van der Waals surface area contributed by atoms with E-state index in [9.17, 15) is 9.18 Å². The van der Waals surface area contributed by atoms with E-state index in [1.807, 2.05) is 19.9 Å². The van der Waals surface area contributed by atoms with E-state index < -0.39 is 5.54 Å². The highest BCUT2D eigenvalue weighted by Crippen LogP contribution is 2.51. The Bertz CT molecular complexity index is 434. The van der Waals surface area contributed by atoms with Gasteiger partial charge >= 0.3 is 0 Å². The summed E-state index contributed by atoms with van der Waals surface area (Å²) < 4.78 is 13.8. The first-order chi connectivity index (χ1) is 7.09. The molecule has 78 valence electrons. The number of isocyanates is 1. The quantitative estimate of drug-likeness (QED) is 0.539. The number of benzene rings is 1. The molecule has 1 aliphatic carbocycles. The van der Waals surface area contributed by atoms with Gasteiger partial charge in [-0.1, -0.05) is 6.07 Å². The summed E-state index contributed by atoms with van der Waals surface area (Å²) in [5, 5.41) is 0. The van der Waals surface area contributed by atoms with Crippen molar-refractivity contribution in [3.05, 3.63) is 34.6 Å². The molecule has 0 aliphatic heterocycles. The average Bonchev–Trinajstić information content (AvgIpc) is 2.83. The monoisotopic (exact) mass is 205 g/mol. The van der Waals surface area contributed by atoms with E-state index in [0.717, 1.165) is 24.0 Å². The molecule has 0 N–H and O–H groups in total. The third-order valence-corrected chi connectivity index (χ3v) is 2.88. The van der Waals surface area contributed by atoms with Crippen LogP contribution in [-0.2, 0) is 10.3 Å². The van der Waals surface area contributed by atoms with Crippen molar-refractivity contribution in [1.82, 2.24) is 0 Å². The molecule has 15 heavy (non-hydrogen) atoms. The normalized spacial score (nSPS) is 17.0. The van der Waals surface area contributed by atoms with Crippen LogP contribution in [0.2, 0.25) is 0 Å². The van der Waals surface area contributed by atoms with Crippen LogP contribution in [0.1, 0.15) is 29.5 Å². The Hall–Kier alpha value is -1.47. The van der Waals surface area contributed by atoms with Crippen LogP contribution in [0.5, 0.6) is 0 Å². The zero-order valence-corrected chi connectivity index (χ0v) is 8.80. The second kappa shape index (κ2) is 3.28. The molecule has 0 aromatic heterocycles. The highest BCUT2D eigenvalue weighted by atomic mass is 19.1. The lowest BCUT2D eigenvalue weighted by molar-refractivity contribution is 0.546. The lowest BCUT2D eigenvalue weighted by Crippen LogP contribution is -2.08. The third-order valence-electron chi connectivity index (χ3n) is 2.88. The molecule has 0 heterocycles. The second-order valence-electron chi connectivity index (χ2n) is 4.17. The second-order valence-corrected chi connectivity index (χ2v) is 4.17. The third kappa shape index (κ3) is 1.59. The van der Waals surface area contributed by atoms with Crippen molar-refractivity contribution >= 4 is 6.08 Å². The SMILES string of the molecule is Cc1cc(C)c(C2(N=C=O)CC2)c(F)c1. The van der Waals surface area contributed by atoms with E-state index in [-0.39, 0.29) is 5.82 Å². The molecule has 2 rings (SSSR count). The molecule has 0 radical (unpaired) electrons. The van der Waals surface area contributed by atoms with Crippen LogP contribution >= 0.6 is 0 Å². The Labute approximate surface area is 87.8 Å². The van der Waals surface area contributed by atoms with Crippen molar-refractivity contribution in [2.45, 2.75) is 32.2 Å². The minimum atomic E-state index is -0.608. The summed E-state index contributed by atoms with van der Waals surface area (Å²) in [5.41, 5.74) is 1.71.